The molecule has 0 bridgehead atoms. The van der Waals surface area contributed by atoms with E-state index in [0.29, 0.717) is 16.5 Å². The van der Waals surface area contributed by atoms with Gasteiger partial charge in [-0.1, -0.05) is 11.6 Å². The second kappa shape index (κ2) is 7.67. The lowest BCUT2D eigenvalue weighted by atomic mass is 10.1. The Kier molecular flexibility index (Phi) is 5.32. The Morgan fingerprint density at radius 1 is 0.889 bits per heavy atom. The number of nitrogens with one attached hydrogen (secondary N) is 2. The van der Waals surface area contributed by atoms with Crippen molar-refractivity contribution in [1.29, 1.82) is 0 Å². The Morgan fingerprint density at radius 3 is 2.07 bits per heavy atom. The van der Waals surface area contributed by atoms with Gasteiger partial charge in [-0.05, 0) is 60.7 Å². The minimum atomic E-state index is -4.44. The summed E-state index contributed by atoms with van der Waals surface area (Å²) in [5, 5.41) is 6.28. The molecule has 0 spiro atoms. The highest BCUT2D eigenvalue weighted by Crippen LogP contribution is 2.29. The number of pyridine rings is 1. The summed E-state index contributed by atoms with van der Waals surface area (Å²) in [6.07, 6.45) is -2.99. The van der Waals surface area contributed by atoms with Gasteiger partial charge in [0.25, 0.3) is 5.91 Å². The van der Waals surface area contributed by atoms with Gasteiger partial charge in [-0.3, -0.25) is 4.79 Å². The standard InChI is InChI=1S/C19H13ClF3N3O/c20-14-5-7-15(8-6-14)25-17-10-9-16(11-24-17)26-18(27)12-1-3-13(4-2-12)19(21,22)23/h1-11H,(H,24,25)(H,26,27). The first-order chi connectivity index (χ1) is 12.8. The Hall–Kier alpha value is -3.06. The van der Waals surface area contributed by atoms with Gasteiger partial charge in [0.15, 0.2) is 0 Å². The molecule has 0 fully saturated rings. The van der Waals surface area contributed by atoms with E-state index in [1.807, 2.05) is 0 Å². The van der Waals surface area contributed by atoms with Gasteiger partial charge in [-0.25, -0.2) is 4.98 Å². The first kappa shape index (κ1) is 18.7. The summed E-state index contributed by atoms with van der Waals surface area (Å²) in [7, 11) is 0. The zero-order valence-electron chi connectivity index (χ0n) is 13.7. The second-order valence-corrected chi connectivity index (χ2v) is 6.03. The van der Waals surface area contributed by atoms with Crippen LogP contribution in [0, 0.1) is 0 Å². The van der Waals surface area contributed by atoms with Crippen LogP contribution >= 0.6 is 11.6 Å². The molecule has 0 aliphatic carbocycles. The van der Waals surface area contributed by atoms with Gasteiger partial charge < -0.3 is 10.6 Å². The molecular weight excluding hydrogens is 379 g/mol. The highest BCUT2D eigenvalue weighted by atomic mass is 35.5. The SMILES string of the molecule is O=C(Nc1ccc(Nc2ccc(Cl)cc2)nc1)c1ccc(C(F)(F)F)cc1. The van der Waals surface area contributed by atoms with E-state index in [1.165, 1.54) is 6.20 Å². The van der Waals surface area contributed by atoms with E-state index in [2.05, 4.69) is 15.6 Å². The molecule has 0 saturated heterocycles. The summed E-state index contributed by atoms with van der Waals surface area (Å²) >= 11 is 5.83. The number of anilines is 3. The van der Waals surface area contributed by atoms with Gasteiger partial charge in [-0.2, -0.15) is 13.2 Å². The van der Waals surface area contributed by atoms with Gasteiger partial charge in [0, 0.05) is 16.3 Å². The van der Waals surface area contributed by atoms with Crippen LogP contribution in [0.2, 0.25) is 5.02 Å². The average molecular weight is 392 g/mol. The van der Waals surface area contributed by atoms with Gasteiger partial charge in [0.05, 0.1) is 17.4 Å². The van der Waals surface area contributed by atoms with Crippen LogP contribution in [-0.4, -0.2) is 10.9 Å². The lowest BCUT2D eigenvalue weighted by Crippen LogP contribution is -2.13. The van der Waals surface area contributed by atoms with Crippen molar-refractivity contribution in [3.8, 4) is 0 Å². The fourth-order valence-electron chi connectivity index (χ4n) is 2.24. The molecule has 1 aromatic heterocycles. The number of rotatable bonds is 4. The van der Waals surface area contributed by atoms with Crippen LogP contribution in [-0.2, 0) is 6.18 Å². The molecule has 0 unspecified atom stereocenters. The van der Waals surface area contributed by atoms with E-state index >= 15 is 0 Å². The molecule has 4 nitrogen and oxygen atoms in total. The first-order valence-corrected chi connectivity index (χ1v) is 8.16. The Morgan fingerprint density at radius 2 is 1.52 bits per heavy atom. The normalized spacial score (nSPS) is 11.1. The number of halogens is 4. The molecule has 2 aromatic carbocycles. The summed E-state index contributed by atoms with van der Waals surface area (Å²) in [5.74, 6) is 0.0359. The number of hydrogen-bond acceptors (Lipinski definition) is 3. The molecule has 0 aliphatic rings. The number of aromatic nitrogens is 1. The third-order valence-electron chi connectivity index (χ3n) is 3.61. The third kappa shape index (κ3) is 4.98. The Bertz CT molecular complexity index is 924. The largest absolute Gasteiger partial charge is 0.416 e. The highest BCUT2D eigenvalue weighted by Gasteiger charge is 2.30. The van der Waals surface area contributed by atoms with E-state index in [9.17, 15) is 18.0 Å². The van der Waals surface area contributed by atoms with Crippen molar-refractivity contribution in [3.63, 3.8) is 0 Å². The van der Waals surface area contributed by atoms with Crippen LogP contribution < -0.4 is 10.6 Å². The first-order valence-electron chi connectivity index (χ1n) is 7.78. The molecule has 1 amide bonds. The Labute approximate surface area is 158 Å². The maximum absolute atomic E-state index is 12.6. The van der Waals surface area contributed by atoms with Crippen LogP contribution in [0.5, 0.6) is 0 Å². The smallest absolute Gasteiger partial charge is 0.340 e. The van der Waals surface area contributed by atoms with Crippen molar-refractivity contribution < 1.29 is 18.0 Å². The maximum Gasteiger partial charge on any atom is 0.416 e. The van der Waals surface area contributed by atoms with Crippen molar-refractivity contribution >= 4 is 34.7 Å². The zero-order chi connectivity index (χ0) is 19.4. The molecule has 3 aromatic rings. The van der Waals surface area contributed by atoms with Gasteiger partial charge in [0.2, 0.25) is 0 Å². The number of alkyl halides is 3. The number of carbonyl (C=O) groups is 1. The molecule has 138 valence electrons. The second-order valence-electron chi connectivity index (χ2n) is 5.59. The van der Waals surface area contributed by atoms with Crippen LogP contribution in [0.25, 0.3) is 0 Å². The van der Waals surface area contributed by atoms with Crippen LogP contribution in [0.3, 0.4) is 0 Å². The number of carbonyl (C=O) groups excluding carboxylic acids is 1. The van der Waals surface area contributed by atoms with Gasteiger partial charge >= 0.3 is 6.18 Å². The minimum Gasteiger partial charge on any atom is -0.340 e. The van der Waals surface area contributed by atoms with Crippen molar-refractivity contribution in [1.82, 2.24) is 4.98 Å². The summed E-state index contributed by atoms with van der Waals surface area (Å²) in [6, 6.07) is 14.4. The van der Waals surface area contributed by atoms with E-state index in [0.717, 1.165) is 30.0 Å². The van der Waals surface area contributed by atoms with E-state index < -0.39 is 17.6 Å². The molecule has 1 heterocycles. The highest BCUT2D eigenvalue weighted by molar-refractivity contribution is 6.30. The van der Waals surface area contributed by atoms with Gasteiger partial charge in [-0.15, -0.1) is 0 Å². The van der Waals surface area contributed by atoms with E-state index in [4.69, 9.17) is 11.6 Å². The fourth-order valence-corrected chi connectivity index (χ4v) is 2.36. The lowest BCUT2D eigenvalue weighted by Gasteiger charge is -2.09. The number of amides is 1. The molecular formula is C19H13ClF3N3O. The lowest BCUT2D eigenvalue weighted by molar-refractivity contribution is -0.137. The third-order valence-corrected chi connectivity index (χ3v) is 3.86. The fraction of sp³-hybridized carbons (Fsp3) is 0.0526. The van der Waals surface area contributed by atoms with Crippen molar-refractivity contribution in [2.45, 2.75) is 6.18 Å². The molecule has 27 heavy (non-hydrogen) atoms. The molecule has 8 heteroatoms. The zero-order valence-corrected chi connectivity index (χ0v) is 14.5. The van der Waals surface area contributed by atoms with Crippen molar-refractivity contribution in [2.24, 2.45) is 0 Å². The topological polar surface area (TPSA) is 54.0 Å². The number of nitrogens with zero attached hydrogens (tertiary/aromatic N) is 1. The summed E-state index contributed by atoms with van der Waals surface area (Å²) < 4.78 is 37.7. The quantitative estimate of drug-likeness (QED) is 0.595. The van der Waals surface area contributed by atoms with E-state index in [1.54, 1.807) is 36.4 Å². The summed E-state index contributed by atoms with van der Waals surface area (Å²) in [5.41, 5.74) is 0.528. The van der Waals surface area contributed by atoms with Gasteiger partial charge in [0.1, 0.15) is 5.82 Å². The van der Waals surface area contributed by atoms with E-state index in [-0.39, 0.29) is 5.56 Å². The van der Waals surface area contributed by atoms with Crippen molar-refractivity contribution in [2.75, 3.05) is 10.6 Å². The van der Waals surface area contributed by atoms with Crippen molar-refractivity contribution in [3.05, 3.63) is 83.0 Å². The minimum absolute atomic E-state index is 0.117. The van der Waals surface area contributed by atoms with Crippen LogP contribution in [0.1, 0.15) is 15.9 Å². The van der Waals surface area contributed by atoms with Crippen LogP contribution in [0.4, 0.5) is 30.4 Å². The number of hydrogen-bond donors (Lipinski definition) is 2. The van der Waals surface area contributed by atoms with Crippen LogP contribution in [0.15, 0.2) is 66.9 Å². The maximum atomic E-state index is 12.6. The molecule has 0 radical (unpaired) electrons. The molecule has 0 saturated carbocycles. The number of benzene rings is 2. The molecule has 0 atom stereocenters. The summed E-state index contributed by atoms with van der Waals surface area (Å²) in [6.45, 7) is 0. The predicted molar refractivity (Wildman–Crippen MR) is 98.4 cm³/mol. The molecule has 0 aliphatic heterocycles. The monoisotopic (exact) mass is 391 g/mol. The Balaban J connectivity index is 1.63. The predicted octanol–water partition coefficient (Wildman–Crippen LogP) is 5.75. The summed E-state index contributed by atoms with van der Waals surface area (Å²) in [4.78, 5) is 16.3. The average Bonchev–Trinajstić information content (AvgIpc) is 2.64. The molecule has 3 rings (SSSR count). The molecule has 2 N–H and O–H groups in total.